The summed E-state index contributed by atoms with van der Waals surface area (Å²) in [7, 11) is 1.75. The predicted octanol–water partition coefficient (Wildman–Crippen LogP) is 2.24. The second-order valence-electron chi connectivity index (χ2n) is 5.73. The maximum absolute atomic E-state index is 12.3. The maximum Gasteiger partial charge on any atom is 0.261 e. The highest BCUT2D eigenvalue weighted by Gasteiger charge is 2.35. The summed E-state index contributed by atoms with van der Waals surface area (Å²) in [4.78, 5) is 39.4. The van der Waals surface area contributed by atoms with E-state index in [0.29, 0.717) is 17.7 Å². The number of hydrogen-bond acceptors (Lipinski definition) is 3. The highest BCUT2D eigenvalue weighted by molar-refractivity contribution is 6.21. The quantitative estimate of drug-likeness (QED) is 0.757. The smallest absolute Gasteiger partial charge is 0.261 e. The fourth-order valence-corrected chi connectivity index (χ4v) is 2.53. The van der Waals surface area contributed by atoms with Crippen molar-refractivity contribution in [3.8, 4) is 0 Å². The van der Waals surface area contributed by atoms with E-state index in [1.54, 1.807) is 24.1 Å². The van der Waals surface area contributed by atoms with Gasteiger partial charge in [0.1, 0.15) is 0 Å². The van der Waals surface area contributed by atoms with Crippen LogP contribution in [0.4, 0.5) is 0 Å². The van der Waals surface area contributed by atoms with Crippen molar-refractivity contribution in [3.05, 3.63) is 34.9 Å². The minimum atomic E-state index is -0.302. The van der Waals surface area contributed by atoms with Crippen LogP contribution in [0.3, 0.4) is 0 Å². The van der Waals surface area contributed by atoms with Crippen LogP contribution >= 0.6 is 0 Å². The van der Waals surface area contributed by atoms with Crippen molar-refractivity contribution in [2.24, 2.45) is 0 Å². The van der Waals surface area contributed by atoms with E-state index in [9.17, 15) is 14.4 Å². The Bertz CT molecular complexity index is 610. The van der Waals surface area contributed by atoms with Gasteiger partial charge in [0, 0.05) is 26.6 Å². The van der Waals surface area contributed by atoms with Crippen LogP contribution in [0.25, 0.3) is 0 Å². The fraction of sp³-hybridized carbons (Fsp3) is 0.471. The molecule has 0 saturated carbocycles. The zero-order valence-corrected chi connectivity index (χ0v) is 13.4. The predicted molar refractivity (Wildman–Crippen MR) is 83.7 cm³/mol. The van der Waals surface area contributed by atoms with Crippen LogP contribution in [-0.2, 0) is 4.79 Å². The number of benzene rings is 1. The summed E-state index contributed by atoms with van der Waals surface area (Å²) in [5.74, 6) is -0.641. The van der Waals surface area contributed by atoms with Crippen molar-refractivity contribution in [3.63, 3.8) is 0 Å². The standard InChI is InChI=1S/C17H22N2O3/c1-4-5-9-18(3)15(20)8-10-19-16(21)13-7-6-12(2)11-14(13)17(19)22/h6-7,11H,4-5,8-10H2,1-3H3. The molecule has 22 heavy (non-hydrogen) atoms. The number of carbonyl (C=O) groups excluding carboxylic acids is 3. The number of amides is 3. The van der Waals surface area contributed by atoms with Crippen molar-refractivity contribution in [1.29, 1.82) is 0 Å². The van der Waals surface area contributed by atoms with Crippen molar-refractivity contribution in [2.75, 3.05) is 20.1 Å². The molecule has 3 amide bonds. The first-order valence-corrected chi connectivity index (χ1v) is 7.66. The molecule has 5 nitrogen and oxygen atoms in total. The number of unbranched alkanes of at least 4 members (excludes halogenated alkanes) is 1. The van der Waals surface area contributed by atoms with E-state index < -0.39 is 0 Å². The summed E-state index contributed by atoms with van der Waals surface area (Å²) in [6, 6.07) is 5.22. The van der Waals surface area contributed by atoms with Gasteiger partial charge in [-0.05, 0) is 25.5 Å². The van der Waals surface area contributed by atoms with Crippen LogP contribution in [0, 0.1) is 6.92 Å². The molecular weight excluding hydrogens is 280 g/mol. The second-order valence-corrected chi connectivity index (χ2v) is 5.73. The molecule has 0 radical (unpaired) electrons. The molecule has 0 bridgehead atoms. The van der Waals surface area contributed by atoms with Crippen molar-refractivity contribution >= 4 is 17.7 Å². The van der Waals surface area contributed by atoms with Gasteiger partial charge in [-0.15, -0.1) is 0 Å². The fourth-order valence-electron chi connectivity index (χ4n) is 2.53. The number of fused-ring (bicyclic) bond motifs is 1. The number of imide groups is 1. The number of rotatable bonds is 6. The van der Waals surface area contributed by atoms with Crippen LogP contribution in [0.2, 0.25) is 0 Å². The van der Waals surface area contributed by atoms with Gasteiger partial charge >= 0.3 is 0 Å². The van der Waals surface area contributed by atoms with Crippen LogP contribution < -0.4 is 0 Å². The summed E-state index contributed by atoms with van der Waals surface area (Å²) < 4.78 is 0. The van der Waals surface area contributed by atoms with E-state index in [4.69, 9.17) is 0 Å². The highest BCUT2D eigenvalue weighted by Crippen LogP contribution is 2.24. The van der Waals surface area contributed by atoms with Crippen LogP contribution in [0.15, 0.2) is 18.2 Å². The summed E-state index contributed by atoms with van der Waals surface area (Å²) in [5.41, 5.74) is 1.82. The lowest BCUT2D eigenvalue weighted by atomic mass is 10.1. The monoisotopic (exact) mass is 302 g/mol. The van der Waals surface area contributed by atoms with Crippen molar-refractivity contribution in [1.82, 2.24) is 9.80 Å². The third kappa shape index (κ3) is 3.18. The average Bonchev–Trinajstić information content (AvgIpc) is 2.73. The number of nitrogens with zero attached hydrogens (tertiary/aromatic N) is 2. The van der Waals surface area contributed by atoms with E-state index in [2.05, 4.69) is 6.92 Å². The van der Waals surface area contributed by atoms with E-state index in [-0.39, 0.29) is 30.7 Å². The van der Waals surface area contributed by atoms with Crippen LogP contribution in [0.5, 0.6) is 0 Å². The normalized spacial score (nSPS) is 13.5. The molecule has 0 spiro atoms. The maximum atomic E-state index is 12.3. The molecule has 0 N–H and O–H groups in total. The lowest BCUT2D eigenvalue weighted by Gasteiger charge is -2.19. The Balaban J connectivity index is 1.99. The molecule has 1 aromatic carbocycles. The minimum absolute atomic E-state index is 0.0406. The van der Waals surface area contributed by atoms with E-state index in [1.165, 1.54) is 4.90 Å². The molecule has 0 fully saturated rings. The molecule has 118 valence electrons. The Hall–Kier alpha value is -2.17. The molecule has 0 atom stereocenters. The third-order valence-electron chi connectivity index (χ3n) is 3.95. The van der Waals surface area contributed by atoms with Gasteiger partial charge in [0.2, 0.25) is 5.91 Å². The Morgan fingerprint density at radius 2 is 1.86 bits per heavy atom. The van der Waals surface area contributed by atoms with Crippen LogP contribution in [-0.4, -0.2) is 47.7 Å². The molecule has 0 saturated heterocycles. The zero-order valence-electron chi connectivity index (χ0n) is 13.4. The van der Waals surface area contributed by atoms with Gasteiger partial charge in [-0.3, -0.25) is 19.3 Å². The first kappa shape index (κ1) is 16.2. The Morgan fingerprint density at radius 1 is 1.18 bits per heavy atom. The van der Waals surface area contributed by atoms with Gasteiger partial charge in [0.25, 0.3) is 11.8 Å². The van der Waals surface area contributed by atoms with E-state index in [1.807, 2.05) is 13.0 Å². The first-order chi connectivity index (χ1) is 10.5. The summed E-state index contributed by atoms with van der Waals surface area (Å²) in [6.07, 6.45) is 2.15. The summed E-state index contributed by atoms with van der Waals surface area (Å²) >= 11 is 0. The van der Waals surface area contributed by atoms with E-state index in [0.717, 1.165) is 18.4 Å². The molecule has 1 aliphatic rings. The summed E-state index contributed by atoms with van der Waals surface area (Å²) in [5, 5.41) is 0. The molecule has 0 unspecified atom stereocenters. The molecule has 1 heterocycles. The number of aryl methyl sites for hydroxylation is 1. The molecular formula is C17H22N2O3. The average molecular weight is 302 g/mol. The van der Waals surface area contributed by atoms with Crippen molar-refractivity contribution in [2.45, 2.75) is 33.1 Å². The molecule has 0 aliphatic carbocycles. The summed E-state index contributed by atoms with van der Waals surface area (Å²) in [6.45, 7) is 4.79. The Kier molecular flexibility index (Phi) is 4.96. The second kappa shape index (κ2) is 6.73. The molecule has 1 aliphatic heterocycles. The Labute approximate surface area is 130 Å². The van der Waals surface area contributed by atoms with Gasteiger partial charge in [0.05, 0.1) is 11.1 Å². The van der Waals surface area contributed by atoms with Gasteiger partial charge in [-0.25, -0.2) is 0 Å². The molecule has 1 aromatic rings. The first-order valence-electron chi connectivity index (χ1n) is 7.66. The van der Waals surface area contributed by atoms with Gasteiger partial charge in [-0.2, -0.15) is 0 Å². The SMILES string of the molecule is CCCCN(C)C(=O)CCN1C(=O)c2ccc(C)cc2C1=O. The minimum Gasteiger partial charge on any atom is -0.346 e. The zero-order chi connectivity index (χ0) is 16.3. The number of carbonyl (C=O) groups is 3. The van der Waals surface area contributed by atoms with Crippen LogP contribution in [0.1, 0.15) is 52.5 Å². The topological polar surface area (TPSA) is 57.7 Å². The molecule has 5 heteroatoms. The molecule has 2 rings (SSSR count). The van der Waals surface area contributed by atoms with Gasteiger partial charge < -0.3 is 4.90 Å². The molecule has 0 aromatic heterocycles. The number of hydrogen-bond donors (Lipinski definition) is 0. The van der Waals surface area contributed by atoms with Gasteiger partial charge in [-0.1, -0.05) is 25.0 Å². The van der Waals surface area contributed by atoms with E-state index >= 15 is 0 Å². The van der Waals surface area contributed by atoms with Gasteiger partial charge in [0.15, 0.2) is 0 Å². The Morgan fingerprint density at radius 3 is 2.55 bits per heavy atom. The lowest BCUT2D eigenvalue weighted by molar-refractivity contribution is -0.130. The third-order valence-corrected chi connectivity index (χ3v) is 3.95. The highest BCUT2D eigenvalue weighted by atomic mass is 16.2. The van der Waals surface area contributed by atoms with Crippen molar-refractivity contribution < 1.29 is 14.4 Å². The largest absolute Gasteiger partial charge is 0.346 e. The lowest BCUT2D eigenvalue weighted by Crippen LogP contribution is -2.35.